The van der Waals surface area contributed by atoms with Crippen molar-refractivity contribution >= 4 is 29.0 Å². The predicted octanol–water partition coefficient (Wildman–Crippen LogP) is 3.76. The van der Waals surface area contributed by atoms with Gasteiger partial charge in [0.25, 0.3) is 0 Å². The van der Waals surface area contributed by atoms with Crippen molar-refractivity contribution in [2.45, 2.75) is 31.7 Å². The highest BCUT2D eigenvalue weighted by Crippen LogP contribution is 2.33. The summed E-state index contributed by atoms with van der Waals surface area (Å²) in [5.41, 5.74) is 4.78. The number of nitrogen functional groups attached to an aromatic ring is 1. The Morgan fingerprint density at radius 3 is 2.35 bits per heavy atom. The van der Waals surface area contributed by atoms with Gasteiger partial charge in [-0.15, -0.1) is 11.8 Å². The van der Waals surface area contributed by atoms with E-state index in [0.29, 0.717) is 0 Å². The van der Waals surface area contributed by atoms with Crippen molar-refractivity contribution in [3.05, 3.63) is 23.8 Å². The van der Waals surface area contributed by atoms with Crippen LogP contribution in [0, 0.1) is 0 Å². The van der Waals surface area contributed by atoms with Gasteiger partial charge in [0.15, 0.2) is 0 Å². The predicted molar refractivity (Wildman–Crippen MR) is 76.7 cm³/mol. The zero-order valence-corrected chi connectivity index (χ0v) is 12.3. The molecule has 20 heavy (non-hydrogen) atoms. The molecule has 1 aromatic carbocycles. The van der Waals surface area contributed by atoms with Crippen LogP contribution in [0.15, 0.2) is 18.2 Å². The van der Waals surface area contributed by atoms with E-state index in [1.54, 1.807) is 0 Å². The number of carbonyl (C=O) groups is 1. The van der Waals surface area contributed by atoms with Crippen molar-refractivity contribution in [2.75, 3.05) is 16.8 Å². The Balaban J connectivity index is 2.72. The number of rotatable bonds is 3. The lowest BCUT2D eigenvalue weighted by Gasteiger charge is -2.17. The molecule has 0 radical (unpaired) electrons. The van der Waals surface area contributed by atoms with E-state index in [1.165, 1.54) is 11.8 Å². The minimum atomic E-state index is -4.45. The van der Waals surface area contributed by atoms with Crippen molar-refractivity contribution in [2.24, 2.45) is 0 Å². The van der Waals surface area contributed by atoms with Gasteiger partial charge < -0.3 is 11.1 Å². The standard InChI is InChI=1S/C13H17F3N2OS/c1-12(2,3)20-7-11(19)18-10-5-4-8(6-9(10)17)13(14,15)16/h4-6H,7,17H2,1-3H3,(H,18,19). The van der Waals surface area contributed by atoms with E-state index in [-0.39, 0.29) is 27.8 Å². The van der Waals surface area contributed by atoms with Crippen LogP contribution in [0.4, 0.5) is 24.5 Å². The average molecular weight is 306 g/mol. The van der Waals surface area contributed by atoms with Gasteiger partial charge in [0.05, 0.1) is 22.7 Å². The molecule has 1 aromatic rings. The van der Waals surface area contributed by atoms with E-state index in [4.69, 9.17) is 5.73 Å². The van der Waals surface area contributed by atoms with Crippen LogP contribution >= 0.6 is 11.8 Å². The molecular formula is C13H17F3N2OS. The topological polar surface area (TPSA) is 55.1 Å². The zero-order valence-electron chi connectivity index (χ0n) is 11.5. The lowest BCUT2D eigenvalue weighted by Crippen LogP contribution is -2.19. The molecule has 3 nitrogen and oxygen atoms in total. The molecule has 0 unspecified atom stereocenters. The van der Waals surface area contributed by atoms with E-state index in [0.717, 1.165) is 18.2 Å². The molecule has 0 bridgehead atoms. The van der Waals surface area contributed by atoms with Crippen LogP contribution < -0.4 is 11.1 Å². The van der Waals surface area contributed by atoms with Gasteiger partial charge in [-0.25, -0.2) is 0 Å². The quantitative estimate of drug-likeness (QED) is 0.836. The lowest BCUT2D eigenvalue weighted by molar-refractivity contribution is -0.137. The molecule has 0 saturated heterocycles. The molecule has 0 heterocycles. The Labute approximate surface area is 120 Å². The van der Waals surface area contributed by atoms with Crippen LogP contribution in [0.25, 0.3) is 0 Å². The maximum atomic E-state index is 12.5. The molecule has 7 heteroatoms. The van der Waals surface area contributed by atoms with Crippen molar-refractivity contribution in [3.63, 3.8) is 0 Å². The van der Waals surface area contributed by atoms with Crippen LogP contribution in [0.1, 0.15) is 26.3 Å². The van der Waals surface area contributed by atoms with Crippen LogP contribution in [0.3, 0.4) is 0 Å². The summed E-state index contributed by atoms with van der Waals surface area (Å²) in [6.07, 6.45) is -4.45. The molecule has 0 aliphatic carbocycles. The zero-order chi connectivity index (χ0) is 15.6. The largest absolute Gasteiger partial charge is 0.416 e. The van der Waals surface area contributed by atoms with Crippen molar-refractivity contribution in [3.8, 4) is 0 Å². The van der Waals surface area contributed by atoms with Gasteiger partial charge in [0.2, 0.25) is 5.91 Å². The Hall–Kier alpha value is -1.37. The summed E-state index contributed by atoms with van der Waals surface area (Å²) in [4.78, 5) is 11.7. The fourth-order valence-electron chi connectivity index (χ4n) is 1.32. The average Bonchev–Trinajstić information content (AvgIpc) is 2.27. The highest BCUT2D eigenvalue weighted by molar-refractivity contribution is 8.01. The number of halogens is 3. The molecule has 1 rings (SSSR count). The second-order valence-electron chi connectivity index (χ2n) is 5.25. The van der Waals surface area contributed by atoms with Gasteiger partial charge in [0.1, 0.15) is 0 Å². The van der Waals surface area contributed by atoms with E-state index in [9.17, 15) is 18.0 Å². The number of nitrogens with two attached hydrogens (primary N) is 1. The lowest BCUT2D eigenvalue weighted by atomic mass is 10.1. The fourth-order valence-corrected chi connectivity index (χ4v) is 1.96. The summed E-state index contributed by atoms with van der Waals surface area (Å²) in [5, 5.41) is 2.51. The third kappa shape index (κ3) is 5.32. The summed E-state index contributed by atoms with van der Waals surface area (Å²) < 4.78 is 37.3. The molecule has 0 aromatic heterocycles. The number of benzene rings is 1. The van der Waals surface area contributed by atoms with Crippen molar-refractivity contribution in [1.82, 2.24) is 0 Å². The molecule has 112 valence electrons. The third-order valence-corrected chi connectivity index (χ3v) is 3.56. The van der Waals surface area contributed by atoms with Gasteiger partial charge >= 0.3 is 6.18 Å². The smallest absolute Gasteiger partial charge is 0.397 e. The van der Waals surface area contributed by atoms with E-state index < -0.39 is 11.7 Å². The monoisotopic (exact) mass is 306 g/mol. The van der Waals surface area contributed by atoms with Crippen LogP contribution in [0.2, 0.25) is 0 Å². The Morgan fingerprint density at radius 2 is 1.90 bits per heavy atom. The summed E-state index contributed by atoms with van der Waals surface area (Å²) in [7, 11) is 0. The maximum absolute atomic E-state index is 12.5. The minimum Gasteiger partial charge on any atom is -0.397 e. The first kappa shape index (κ1) is 16.7. The highest BCUT2D eigenvalue weighted by Gasteiger charge is 2.30. The number of alkyl halides is 3. The Morgan fingerprint density at radius 1 is 1.30 bits per heavy atom. The molecule has 0 spiro atoms. The minimum absolute atomic E-state index is 0.0664. The molecule has 1 amide bonds. The first-order valence-electron chi connectivity index (χ1n) is 5.89. The first-order chi connectivity index (χ1) is 8.99. The molecule has 0 atom stereocenters. The maximum Gasteiger partial charge on any atom is 0.416 e. The first-order valence-corrected chi connectivity index (χ1v) is 6.88. The summed E-state index contributed by atoms with van der Waals surface area (Å²) >= 11 is 1.44. The van der Waals surface area contributed by atoms with Gasteiger partial charge in [-0.1, -0.05) is 20.8 Å². The molecule has 0 fully saturated rings. The van der Waals surface area contributed by atoms with Gasteiger partial charge in [-0.05, 0) is 18.2 Å². The number of carbonyl (C=O) groups excluding carboxylic acids is 1. The molecular weight excluding hydrogens is 289 g/mol. The van der Waals surface area contributed by atoms with Gasteiger partial charge in [0, 0.05) is 4.75 Å². The Kier molecular flexibility index (Phi) is 4.96. The summed E-state index contributed by atoms with van der Waals surface area (Å²) in [6.45, 7) is 5.91. The second-order valence-corrected chi connectivity index (χ2v) is 7.05. The third-order valence-electron chi connectivity index (χ3n) is 2.29. The number of amides is 1. The van der Waals surface area contributed by atoms with Crippen molar-refractivity contribution < 1.29 is 18.0 Å². The highest BCUT2D eigenvalue weighted by atomic mass is 32.2. The van der Waals surface area contributed by atoms with Crippen LogP contribution in [-0.4, -0.2) is 16.4 Å². The molecule has 0 saturated carbocycles. The van der Waals surface area contributed by atoms with E-state index in [2.05, 4.69) is 5.32 Å². The molecule has 0 aliphatic heterocycles. The van der Waals surface area contributed by atoms with Crippen LogP contribution in [0.5, 0.6) is 0 Å². The summed E-state index contributed by atoms with van der Waals surface area (Å²) in [5.74, 6) is -0.0828. The van der Waals surface area contributed by atoms with Gasteiger partial charge in [-0.3, -0.25) is 4.79 Å². The second kappa shape index (κ2) is 5.95. The summed E-state index contributed by atoms with van der Waals surface area (Å²) in [6, 6.07) is 2.87. The fraction of sp³-hybridized carbons (Fsp3) is 0.462. The molecule has 3 N–H and O–H groups in total. The normalized spacial score (nSPS) is 12.3. The van der Waals surface area contributed by atoms with Crippen LogP contribution in [-0.2, 0) is 11.0 Å². The molecule has 0 aliphatic rings. The van der Waals surface area contributed by atoms with E-state index >= 15 is 0 Å². The number of hydrogen-bond donors (Lipinski definition) is 2. The SMILES string of the molecule is CC(C)(C)SCC(=O)Nc1ccc(C(F)(F)F)cc1N. The van der Waals surface area contributed by atoms with E-state index in [1.807, 2.05) is 20.8 Å². The number of thioether (sulfide) groups is 1. The van der Waals surface area contributed by atoms with Gasteiger partial charge in [-0.2, -0.15) is 13.2 Å². The Bertz CT molecular complexity index is 495. The number of nitrogens with one attached hydrogen (secondary N) is 1. The van der Waals surface area contributed by atoms with Crippen molar-refractivity contribution in [1.29, 1.82) is 0 Å². The number of anilines is 2. The number of hydrogen-bond acceptors (Lipinski definition) is 3.